The van der Waals surface area contributed by atoms with Crippen molar-refractivity contribution in [1.82, 2.24) is 0 Å². The van der Waals surface area contributed by atoms with Gasteiger partial charge >= 0.3 is 0 Å². The van der Waals surface area contributed by atoms with Crippen LogP contribution in [0.3, 0.4) is 0 Å². The Morgan fingerprint density at radius 1 is 1.47 bits per heavy atom. The van der Waals surface area contributed by atoms with Crippen LogP contribution in [0, 0.1) is 5.92 Å². The molecule has 90 valence electrons. The van der Waals surface area contributed by atoms with E-state index in [1.54, 1.807) is 0 Å². The van der Waals surface area contributed by atoms with Gasteiger partial charge in [0.1, 0.15) is 0 Å². The third-order valence-corrected chi connectivity index (χ3v) is 3.53. The van der Waals surface area contributed by atoms with Crippen molar-refractivity contribution >= 4 is 0 Å². The van der Waals surface area contributed by atoms with Gasteiger partial charge in [0.25, 0.3) is 0 Å². The molecule has 0 amide bonds. The summed E-state index contributed by atoms with van der Waals surface area (Å²) in [4.78, 5) is 0. The van der Waals surface area contributed by atoms with Crippen LogP contribution in [0.5, 0.6) is 0 Å². The second-order valence-electron chi connectivity index (χ2n) is 4.65. The van der Waals surface area contributed by atoms with Crippen LogP contribution in [-0.4, -0.2) is 30.5 Å². The number of hydrogen-bond donors (Lipinski definition) is 2. The van der Waals surface area contributed by atoms with Gasteiger partial charge in [-0.25, -0.2) is 0 Å². The molecule has 1 rings (SSSR count). The topological polar surface area (TPSA) is 55.5 Å². The van der Waals surface area contributed by atoms with Gasteiger partial charge < -0.3 is 15.6 Å². The molecule has 0 saturated heterocycles. The van der Waals surface area contributed by atoms with Crippen molar-refractivity contribution in [3.63, 3.8) is 0 Å². The lowest BCUT2D eigenvalue weighted by atomic mass is 9.88. The van der Waals surface area contributed by atoms with Crippen molar-refractivity contribution in [3.8, 4) is 0 Å². The minimum Gasteiger partial charge on any atom is -0.388 e. The Bertz CT molecular complexity index is 175. The van der Waals surface area contributed by atoms with Crippen molar-refractivity contribution in [2.75, 3.05) is 19.8 Å². The Morgan fingerprint density at radius 3 is 2.93 bits per heavy atom. The number of unbranched alkanes of at least 4 members (excludes halogenated alkanes) is 1. The number of rotatable bonds is 7. The lowest BCUT2D eigenvalue weighted by molar-refractivity contribution is -0.00443. The monoisotopic (exact) mass is 215 g/mol. The van der Waals surface area contributed by atoms with Crippen LogP contribution in [0.15, 0.2) is 0 Å². The highest BCUT2D eigenvalue weighted by atomic mass is 16.5. The standard InChI is InChI=1S/C12H25NO2/c1-2-3-8-15-9-6-11-5-4-7-12(11,14)10-13/h11,14H,2-10,13H2,1H3. The van der Waals surface area contributed by atoms with E-state index in [9.17, 15) is 5.11 Å². The zero-order chi connectivity index (χ0) is 11.1. The van der Waals surface area contributed by atoms with Gasteiger partial charge in [-0.05, 0) is 31.6 Å². The summed E-state index contributed by atoms with van der Waals surface area (Å²) in [6.07, 6.45) is 6.33. The molecule has 3 nitrogen and oxygen atoms in total. The summed E-state index contributed by atoms with van der Waals surface area (Å²) in [6.45, 7) is 4.18. The van der Waals surface area contributed by atoms with E-state index < -0.39 is 5.60 Å². The van der Waals surface area contributed by atoms with E-state index in [2.05, 4.69) is 6.92 Å². The fourth-order valence-corrected chi connectivity index (χ4v) is 2.38. The second-order valence-corrected chi connectivity index (χ2v) is 4.65. The lowest BCUT2D eigenvalue weighted by Gasteiger charge is -2.28. The van der Waals surface area contributed by atoms with E-state index >= 15 is 0 Å². The van der Waals surface area contributed by atoms with E-state index in [1.165, 1.54) is 6.42 Å². The average molecular weight is 215 g/mol. The van der Waals surface area contributed by atoms with Crippen LogP contribution in [-0.2, 0) is 4.74 Å². The van der Waals surface area contributed by atoms with E-state index in [0.29, 0.717) is 12.5 Å². The molecule has 3 N–H and O–H groups in total. The fourth-order valence-electron chi connectivity index (χ4n) is 2.38. The van der Waals surface area contributed by atoms with Crippen molar-refractivity contribution in [2.24, 2.45) is 11.7 Å². The highest BCUT2D eigenvalue weighted by Crippen LogP contribution is 2.36. The van der Waals surface area contributed by atoms with E-state index in [1.807, 2.05) is 0 Å². The minimum absolute atomic E-state index is 0.351. The predicted molar refractivity (Wildman–Crippen MR) is 61.7 cm³/mol. The maximum absolute atomic E-state index is 10.2. The normalized spacial score (nSPS) is 31.0. The summed E-state index contributed by atoms with van der Waals surface area (Å²) >= 11 is 0. The third-order valence-electron chi connectivity index (χ3n) is 3.53. The molecule has 1 aliphatic rings. The molecule has 1 saturated carbocycles. The Labute approximate surface area is 93.0 Å². The number of aliphatic hydroxyl groups is 1. The molecule has 1 aliphatic carbocycles. The molecule has 0 aromatic rings. The van der Waals surface area contributed by atoms with Crippen LogP contribution in [0.4, 0.5) is 0 Å². The number of hydrogen-bond acceptors (Lipinski definition) is 3. The first-order valence-corrected chi connectivity index (χ1v) is 6.23. The van der Waals surface area contributed by atoms with Gasteiger partial charge in [-0.3, -0.25) is 0 Å². The first-order chi connectivity index (χ1) is 7.23. The Hall–Kier alpha value is -0.120. The lowest BCUT2D eigenvalue weighted by Crippen LogP contribution is -2.41. The Kier molecular flexibility index (Phi) is 5.58. The molecule has 2 unspecified atom stereocenters. The highest BCUT2D eigenvalue weighted by Gasteiger charge is 2.39. The zero-order valence-corrected chi connectivity index (χ0v) is 9.87. The summed E-state index contributed by atoms with van der Waals surface area (Å²) in [5.74, 6) is 0.351. The van der Waals surface area contributed by atoms with Crippen LogP contribution in [0.25, 0.3) is 0 Å². The molecule has 0 aromatic carbocycles. The van der Waals surface area contributed by atoms with Crippen molar-refractivity contribution < 1.29 is 9.84 Å². The molecular formula is C12H25NO2. The van der Waals surface area contributed by atoms with Crippen LogP contribution < -0.4 is 5.73 Å². The number of ether oxygens (including phenoxy) is 1. The van der Waals surface area contributed by atoms with E-state index in [-0.39, 0.29) is 0 Å². The second kappa shape index (κ2) is 6.46. The molecule has 15 heavy (non-hydrogen) atoms. The fraction of sp³-hybridized carbons (Fsp3) is 1.00. The zero-order valence-electron chi connectivity index (χ0n) is 9.87. The van der Waals surface area contributed by atoms with Gasteiger partial charge in [-0.15, -0.1) is 0 Å². The molecule has 1 fully saturated rings. The van der Waals surface area contributed by atoms with E-state index in [4.69, 9.17) is 10.5 Å². The van der Waals surface area contributed by atoms with Gasteiger partial charge in [0, 0.05) is 19.8 Å². The molecule has 0 aromatic heterocycles. The quantitative estimate of drug-likeness (QED) is 0.635. The predicted octanol–water partition coefficient (Wildman–Crippen LogP) is 1.68. The molecule has 0 spiro atoms. The van der Waals surface area contributed by atoms with Crippen LogP contribution in [0.1, 0.15) is 45.4 Å². The molecule has 3 heteroatoms. The maximum atomic E-state index is 10.2. The van der Waals surface area contributed by atoms with Gasteiger partial charge in [0.2, 0.25) is 0 Å². The molecule has 0 bridgehead atoms. The Morgan fingerprint density at radius 2 is 2.27 bits per heavy atom. The van der Waals surface area contributed by atoms with Crippen molar-refractivity contribution in [1.29, 1.82) is 0 Å². The van der Waals surface area contributed by atoms with Crippen molar-refractivity contribution in [3.05, 3.63) is 0 Å². The SMILES string of the molecule is CCCCOCCC1CCCC1(O)CN. The summed E-state index contributed by atoms with van der Waals surface area (Å²) in [6, 6.07) is 0. The maximum Gasteiger partial charge on any atom is 0.0798 e. The van der Waals surface area contributed by atoms with E-state index in [0.717, 1.165) is 45.3 Å². The molecular weight excluding hydrogens is 190 g/mol. The Balaban J connectivity index is 2.15. The summed E-state index contributed by atoms with van der Waals surface area (Å²) in [7, 11) is 0. The molecule has 0 aliphatic heterocycles. The molecule has 2 atom stereocenters. The largest absolute Gasteiger partial charge is 0.388 e. The first kappa shape index (κ1) is 12.9. The van der Waals surface area contributed by atoms with Crippen LogP contribution >= 0.6 is 0 Å². The number of nitrogens with two attached hydrogens (primary N) is 1. The first-order valence-electron chi connectivity index (χ1n) is 6.23. The minimum atomic E-state index is -0.603. The highest BCUT2D eigenvalue weighted by molar-refractivity contribution is 4.92. The van der Waals surface area contributed by atoms with Gasteiger partial charge in [0.05, 0.1) is 5.60 Å². The summed E-state index contributed by atoms with van der Waals surface area (Å²) < 4.78 is 5.52. The summed E-state index contributed by atoms with van der Waals surface area (Å²) in [5.41, 5.74) is 5.02. The average Bonchev–Trinajstić information content (AvgIpc) is 2.61. The molecule has 0 heterocycles. The van der Waals surface area contributed by atoms with Gasteiger partial charge in [0.15, 0.2) is 0 Å². The summed E-state index contributed by atoms with van der Waals surface area (Å²) in [5, 5.41) is 10.2. The van der Waals surface area contributed by atoms with Gasteiger partial charge in [-0.2, -0.15) is 0 Å². The smallest absolute Gasteiger partial charge is 0.0798 e. The van der Waals surface area contributed by atoms with Crippen LogP contribution in [0.2, 0.25) is 0 Å². The van der Waals surface area contributed by atoms with Crippen molar-refractivity contribution in [2.45, 2.75) is 51.0 Å². The third kappa shape index (κ3) is 3.74. The van der Waals surface area contributed by atoms with Gasteiger partial charge in [-0.1, -0.05) is 19.8 Å². The molecule has 0 radical (unpaired) electrons.